The van der Waals surface area contributed by atoms with E-state index in [0.29, 0.717) is 24.1 Å². The van der Waals surface area contributed by atoms with Crippen LogP contribution in [0.5, 0.6) is 11.6 Å². The van der Waals surface area contributed by atoms with Gasteiger partial charge in [-0.25, -0.2) is 0 Å². The van der Waals surface area contributed by atoms with Gasteiger partial charge in [-0.3, -0.25) is 4.79 Å². The molecule has 1 heterocycles. The van der Waals surface area contributed by atoms with Gasteiger partial charge in [-0.1, -0.05) is 51.1 Å². The largest absolute Gasteiger partial charge is 0.493 e. The van der Waals surface area contributed by atoms with Crippen molar-refractivity contribution in [3.8, 4) is 11.6 Å². The number of ether oxygens (including phenoxy) is 1. The summed E-state index contributed by atoms with van der Waals surface area (Å²) in [4.78, 5) is 19.1. The topological polar surface area (TPSA) is 75.2 Å². The first-order valence-corrected chi connectivity index (χ1v) is 9.64. The van der Waals surface area contributed by atoms with Crippen molar-refractivity contribution in [2.45, 2.75) is 45.2 Å². The molecule has 0 spiro atoms. The van der Waals surface area contributed by atoms with Crippen LogP contribution in [0.15, 0.2) is 34.2 Å². The Labute approximate surface area is 152 Å². The summed E-state index contributed by atoms with van der Waals surface area (Å²) in [6.07, 6.45) is 2.46. The van der Waals surface area contributed by atoms with Gasteiger partial charge in [-0.15, -0.1) is 0 Å². The van der Waals surface area contributed by atoms with Crippen LogP contribution in [0.4, 0.5) is 0 Å². The Morgan fingerprint density at radius 2 is 2.00 bits per heavy atom. The molecule has 25 heavy (non-hydrogen) atoms. The van der Waals surface area contributed by atoms with Crippen LogP contribution in [0, 0.1) is 5.92 Å². The third-order valence-electron chi connectivity index (χ3n) is 3.60. The molecule has 0 atom stereocenters. The Kier molecular flexibility index (Phi) is 7.37. The van der Waals surface area contributed by atoms with Crippen molar-refractivity contribution in [2.24, 2.45) is 5.92 Å². The van der Waals surface area contributed by atoms with E-state index in [9.17, 15) is 9.90 Å². The van der Waals surface area contributed by atoms with Gasteiger partial charge in [0.25, 0.3) is 5.56 Å². The van der Waals surface area contributed by atoms with Crippen LogP contribution in [0.2, 0.25) is 0 Å². The molecule has 1 aromatic carbocycles. The van der Waals surface area contributed by atoms with Crippen LogP contribution >= 0.6 is 11.8 Å². The Morgan fingerprint density at radius 3 is 2.60 bits per heavy atom. The lowest BCUT2D eigenvalue weighted by molar-refractivity contribution is 0.271. The van der Waals surface area contributed by atoms with Crippen molar-refractivity contribution >= 4 is 11.8 Å². The van der Waals surface area contributed by atoms with E-state index in [4.69, 9.17) is 4.74 Å². The molecule has 0 aliphatic heterocycles. The lowest BCUT2D eigenvalue weighted by Crippen LogP contribution is -2.15. The number of benzene rings is 1. The highest BCUT2D eigenvalue weighted by molar-refractivity contribution is 7.99. The minimum atomic E-state index is -0.286. The van der Waals surface area contributed by atoms with Crippen molar-refractivity contribution in [1.82, 2.24) is 9.97 Å². The molecular formula is C19H26N2O3S. The van der Waals surface area contributed by atoms with Crippen molar-refractivity contribution in [3.63, 3.8) is 0 Å². The van der Waals surface area contributed by atoms with Gasteiger partial charge in [0.2, 0.25) is 5.88 Å². The zero-order valence-corrected chi connectivity index (χ0v) is 15.9. The van der Waals surface area contributed by atoms with Gasteiger partial charge >= 0.3 is 0 Å². The second-order valence-electron chi connectivity index (χ2n) is 6.40. The minimum Gasteiger partial charge on any atom is -0.493 e. The molecule has 0 unspecified atom stereocenters. The maximum Gasteiger partial charge on any atom is 0.258 e. The van der Waals surface area contributed by atoms with Gasteiger partial charge in [0.15, 0.2) is 5.16 Å². The number of nitrogens with one attached hydrogen (secondary N) is 1. The Balaban J connectivity index is 2.05. The summed E-state index contributed by atoms with van der Waals surface area (Å²) in [5.41, 5.74) is 0.924. The van der Waals surface area contributed by atoms with E-state index in [-0.39, 0.29) is 17.0 Å². The summed E-state index contributed by atoms with van der Waals surface area (Å²) in [5.74, 6) is 1.95. The zero-order valence-electron chi connectivity index (χ0n) is 15.0. The first kappa shape index (κ1) is 19.4. The number of hydrogen-bond acceptors (Lipinski definition) is 5. The average molecular weight is 362 g/mol. The Hall–Kier alpha value is -1.95. The van der Waals surface area contributed by atoms with E-state index in [2.05, 4.69) is 30.7 Å². The van der Waals surface area contributed by atoms with E-state index < -0.39 is 0 Å². The van der Waals surface area contributed by atoms with Crippen LogP contribution in [-0.2, 0) is 6.42 Å². The molecule has 0 bridgehead atoms. The van der Waals surface area contributed by atoms with Crippen molar-refractivity contribution < 1.29 is 9.84 Å². The van der Waals surface area contributed by atoms with Crippen LogP contribution in [0.3, 0.4) is 0 Å². The molecule has 5 nitrogen and oxygen atoms in total. The molecule has 0 saturated heterocycles. The molecule has 0 aliphatic rings. The van der Waals surface area contributed by atoms with Gasteiger partial charge in [0.1, 0.15) is 5.75 Å². The molecule has 0 amide bonds. The SMILES string of the molecule is CCCCSc1nc(O)c(Cc2ccc(OCC(C)C)cc2)c(=O)[nH]1. The van der Waals surface area contributed by atoms with E-state index in [1.807, 2.05) is 24.3 Å². The zero-order chi connectivity index (χ0) is 18.2. The smallest absolute Gasteiger partial charge is 0.258 e. The van der Waals surface area contributed by atoms with E-state index in [1.54, 1.807) is 0 Å². The molecule has 0 radical (unpaired) electrons. The molecule has 1 aromatic heterocycles. The predicted octanol–water partition coefficient (Wildman–Crippen LogP) is 3.99. The number of hydrogen-bond donors (Lipinski definition) is 2. The maximum absolute atomic E-state index is 12.2. The maximum atomic E-state index is 12.2. The lowest BCUT2D eigenvalue weighted by atomic mass is 10.1. The molecule has 2 N–H and O–H groups in total. The quantitative estimate of drug-likeness (QED) is 0.401. The van der Waals surface area contributed by atoms with Crippen molar-refractivity contribution in [1.29, 1.82) is 0 Å². The van der Waals surface area contributed by atoms with Crippen LogP contribution in [-0.4, -0.2) is 27.4 Å². The Bertz CT molecular complexity index is 726. The van der Waals surface area contributed by atoms with E-state index >= 15 is 0 Å². The molecule has 2 rings (SSSR count). The number of rotatable bonds is 9. The highest BCUT2D eigenvalue weighted by atomic mass is 32.2. The highest BCUT2D eigenvalue weighted by Gasteiger charge is 2.12. The molecule has 2 aromatic rings. The molecule has 0 fully saturated rings. The summed E-state index contributed by atoms with van der Waals surface area (Å²) in [7, 11) is 0. The third-order valence-corrected chi connectivity index (χ3v) is 4.56. The lowest BCUT2D eigenvalue weighted by Gasteiger charge is -2.09. The fourth-order valence-electron chi connectivity index (χ4n) is 2.18. The monoisotopic (exact) mass is 362 g/mol. The first-order valence-electron chi connectivity index (χ1n) is 8.66. The van der Waals surface area contributed by atoms with Gasteiger partial charge in [0, 0.05) is 12.2 Å². The van der Waals surface area contributed by atoms with Crippen LogP contribution in [0.25, 0.3) is 0 Å². The number of aromatic nitrogens is 2. The number of nitrogens with zero attached hydrogens (tertiary/aromatic N) is 1. The molecule has 136 valence electrons. The van der Waals surface area contributed by atoms with Crippen molar-refractivity contribution in [2.75, 3.05) is 12.4 Å². The van der Waals surface area contributed by atoms with Gasteiger partial charge in [0.05, 0.1) is 12.2 Å². The number of thioether (sulfide) groups is 1. The van der Waals surface area contributed by atoms with Crippen LogP contribution in [0.1, 0.15) is 44.7 Å². The summed E-state index contributed by atoms with van der Waals surface area (Å²) >= 11 is 1.45. The predicted molar refractivity (Wildman–Crippen MR) is 102 cm³/mol. The molecule has 0 saturated carbocycles. The Morgan fingerprint density at radius 1 is 1.28 bits per heavy atom. The fourth-order valence-corrected chi connectivity index (χ4v) is 3.12. The van der Waals surface area contributed by atoms with E-state index in [1.165, 1.54) is 11.8 Å². The minimum absolute atomic E-state index is 0.192. The summed E-state index contributed by atoms with van der Waals surface area (Å²) < 4.78 is 5.65. The number of aromatic hydroxyl groups is 1. The standard InChI is InChI=1S/C19H26N2O3S/c1-4-5-10-25-19-20-17(22)16(18(23)21-19)11-14-6-8-15(9-7-14)24-12-13(2)3/h6-9,13H,4-5,10-12H2,1-3H3,(H2,20,21,22,23). The number of aromatic amines is 1. The van der Waals surface area contributed by atoms with Gasteiger partial charge in [-0.2, -0.15) is 4.98 Å². The molecule has 6 heteroatoms. The highest BCUT2D eigenvalue weighted by Crippen LogP contribution is 2.21. The van der Waals surface area contributed by atoms with Gasteiger partial charge < -0.3 is 14.8 Å². The third kappa shape index (κ3) is 6.12. The summed E-state index contributed by atoms with van der Waals surface area (Å²) in [5, 5.41) is 10.6. The number of unbranched alkanes of at least 4 members (excludes halogenated alkanes) is 1. The second-order valence-corrected chi connectivity index (χ2v) is 7.48. The van der Waals surface area contributed by atoms with Crippen molar-refractivity contribution in [3.05, 3.63) is 45.7 Å². The molecule has 0 aliphatic carbocycles. The van der Waals surface area contributed by atoms with Crippen LogP contribution < -0.4 is 10.3 Å². The summed E-state index contributed by atoms with van der Waals surface area (Å²) in [6, 6.07) is 7.56. The van der Waals surface area contributed by atoms with E-state index in [0.717, 1.165) is 29.9 Å². The summed E-state index contributed by atoms with van der Waals surface area (Å²) in [6.45, 7) is 6.97. The average Bonchev–Trinajstić information content (AvgIpc) is 2.57. The second kappa shape index (κ2) is 9.51. The molecular weight excluding hydrogens is 336 g/mol. The van der Waals surface area contributed by atoms with Gasteiger partial charge in [-0.05, 0) is 30.0 Å². The number of H-pyrrole nitrogens is 1. The fraction of sp³-hybridized carbons (Fsp3) is 0.474. The normalized spacial score (nSPS) is 11.0. The first-order chi connectivity index (χ1) is 12.0.